The molecule has 0 spiro atoms. The zero-order valence-corrected chi connectivity index (χ0v) is 12.6. The number of nitrogens with two attached hydrogens (primary N) is 1. The molecule has 3 nitrogen and oxygen atoms in total. The van der Waals surface area contributed by atoms with E-state index in [0.717, 1.165) is 18.8 Å². The molecule has 1 aliphatic heterocycles. The summed E-state index contributed by atoms with van der Waals surface area (Å²) in [7, 11) is 0. The van der Waals surface area contributed by atoms with E-state index in [0.29, 0.717) is 24.6 Å². The van der Waals surface area contributed by atoms with Crippen LogP contribution in [0.15, 0.2) is 0 Å². The summed E-state index contributed by atoms with van der Waals surface area (Å²) in [6, 6.07) is 1.13. The van der Waals surface area contributed by atoms with Crippen molar-refractivity contribution in [3.63, 3.8) is 0 Å². The molecule has 0 aromatic rings. The minimum absolute atomic E-state index is 0.338. The van der Waals surface area contributed by atoms with Gasteiger partial charge in [0.25, 0.3) is 0 Å². The third kappa shape index (κ3) is 4.17. The highest BCUT2D eigenvalue weighted by atomic mass is 16.2. The Hall–Kier alpha value is -0.120. The molecular weight excluding hydrogens is 236 g/mol. The van der Waals surface area contributed by atoms with Gasteiger partial charge in [0, 0.05) is 25.2 Å². The van der Waals surface area contributed by atoms with Gasteiger partial charge in [-0.2, -0.15) is 0 Å². The number of hydrogen-bond acceptors (Lipinski definition) is 3. The molecule has 19 heavy (non-hydrogen) atoms. The Balaban J connectivity index is 1.84. The third-order valence-electron chi connectivity index (χ3n) is 5.39. The maximum absolute atomic E-state index is 9.00. The van der Waals surface area contributed by atoms with Crippen LogP contribution in [0.1, 0.15) is 58.3 Å². The molecule has 0 aromatic carbocycles. The molecule has 1 aliphatic carbocycles. The van der Waals surface area contributed by atoms with Crippen LogP contribution in [0.2, 0.25) is 0 Å². The highest BCUT2D eigenvalue weighted by molar-refractivity contribution is 4.88. The smallest absolute Gasteiger partial charge is 0.0431 e. The molecule has 3 N–H and O–H groups in total. The monoisotopic (exact) mass is 268 g/mol. The summed E-state index contributed by atoms with van der Waals surface area (Å²) in [5, 5.41) is 9.00. The normalized spacial score (nSPS) is 36.8. The van der Waals surface area contributed by atoms with Crippen molar-refractivity contribution in [3.05, 3.63) is 0 Å². The van der Waals surface area contributed by atoms with Crippen LogP contribution in [0.5, 0.6) is 0 Å². The fraction of sp³-hybridized carbons (Fsp3) is 1.00. The van der Waals surface area contributed by atoms with Crippen molar-refractivity contribution in [2.75, 3.05) is 19.7 Å². The molecule has 0 radical (unpaired) electrons. The van der Waals surface area contributed by atoms with Crippen LogP contribution >= 0.6 is 0 Å². The van der Waals surface area contributed by atoms with Gasteiger partial charge in [-0.3, -0.25) is 0 Å². The van der Waals surface area contributed by atoms with Crippen molar-refractivity contribution in [1.29, 1.82) is 0 Å². The van der Waals surface area contributed by atoms with Gasteiger partial charge in [-0.05, 0) is 63.3 Å². The number of nitrogens with zero attached hydrogens (tertiary/aromatic N) is 1. The summed E-state index contributed by atoms with van der Waals surface area (Å²) in [4.78, 5) is 2.66. The molecular formula is C16H32N2O. The van der Waals surface area contributed by atoms with Crippen LogP contribution in [0.25, 0.3) is 0 Å². The van der Waals surface area contributed by atoms with Gasteiger partial charge >= 0.3 is 0 Å². The minimum atomic E-state index is 0.338. The Morgan fingerprint density at radius 3 is 2.84 bits per heavy atom. The standard InChI is InChI=1S/C16H32N2O/c1-2-13-7-8-16(17)14(11-13)12-18-9-3-5-15(18)6-4-10-19/h13-16,19H,2-12,17H2,1H3. The maximum atomic E-state index is 9.00. The molecule has 2 aliphatic rings. The molecule has 0 amide bonds. The molecule has 4 atom stereocenters. The van der Waals surface area contributed by atoms with Crippen molar-refractivity contribution in [2.24, 2.45) is 17.6 Å². The Kier molecular flexibility index (Phi) is 6.11. The Morgan fingerprint density at radius 1 is 1.26 bits per heavy atom. The van der Waals surface area contributed by atoms with Crippen molar-refractivity contribution < 1.29 is 5.11 Å². The molecule has 1 saturated carbocycles. The first-order valence-corrected chi connectivity index (χ1v) is 8.35. The lowest BCUT2D eigenvalue weighted by Gasteiger charge is -2.37. The number of hydrogen-bond donors (Lipinski definition) is 2. The van der Waals surface area contributed by atoms with E-state index in [1.807, 2.05) is 0 Å². The van der Waals surface area contributed by atoms with E-state index in [1.165, 1.54) is 51.6 Å². The van der Waals surface area contributed by atoms with Crippen LogP contribution in [-0.4, -0.2) is 41.8 Å². The van der Waals surface area contributed by atoms with E-state index >= 15 is 0 Å². The minimum Gasteiger partial charge on any atom is -0.396 e. The van der Waals surface area contributed by atoms with Crippen LogP contribution in [0.4, 0.5) is 0 Å². The molecule has 2 fully saturated rings. The fourth-order valence-corrected chi connectivity index (χ4v) is 4.06. The van der Waals surface area contributed by atoms with Gasteiger partial charge in [0.2, 0.25) is 0 Å². The van der Waals surface area contributed by atoms with Gasteiger partial charge in [-0.1, -0.05) is 13.3 Å². The predicted octanol–water partition coefficient (Wildman–Crippen LogP) is 2.38. The zero-order chi connectivity index (χ0) is 13.7. The predicted molar refractivity (Wildman–Crippen MR) is 80.0 cm³/mol. The molecule has 0 aromatic heterocycles. The van der Waals surface area contributed by atoms with E-state index < -0.39 is 0 Å². The molecule has 2 rings (SSSR count). The van der Waals surface area contributed by atoms with E-state index in [2.05, 4.69) is 11.8 Å². The first-order valence-electron chi connectivity index (χ1n) is 8.35. The average Bonchev–Trinajstić information content (AvgIpc) is 2.86. The average molecular weight is 268 g/mol. The Bertz CT molecular complexity index is 259. The lowest BCUT2D eigenvalue weighted by atomic mass is 9.77. The van der Waals surface area contributed by atoms with Crippen LogP contribution in [-0.2, 0) is 0 Å². The number of aliphatic hydroxyl groups is 1. The molecule has 3 heteroatoms. The van der Waals surface area contributed by atoms with E-state index in [9.17, 15) is 0 Å². The van der Waals surface area contributed by atoms with Crippen LogP contribution in [0.3, 0.4) is 0 Å². The molecule has 4 unspecified atom stereocenters. The van der Waals surface area contributed by atoms with E-state index in [1.54, 1.807) is 0 Å². The van der Waals surface area contributed by atoms with Gasteiger partial charge in [0.05, 0.1) is 0 Å². The first-order chi connectivity index (χ1) is 9.24. The van der Waals surface area contributed by atoms with Crippen molar-refractivity contribution >= 4 is 0 Å². The fourth-order valence-electron chi connectivity index (χ4n) is 4.06. The third-order valence-corrected chi connectivity index (χ3v) is 5.39. The highest BCUT2D eigenvalue weighted by Gasteiger charge is 2.32. The summed E-state index contributed by atoms with van der Waals surface area (Å²) in [5.74, 6) is 1.61. The molecule has 1 saturated heterocycles. The number of rotatable bonds is 6. The van der Waals surface area contributed by atoms with Crippen LogP contribution < -0.4 is 5.73 Å². The van der Waals surface area contributed by atoms with Crippen molar-refractivity contribution in [2.45, 2.75) is 70.4 Å². The van der Waals surface area contributed by atoms with Gasteiger partial charge in [0.15, 0.2) is 0 Å². The van der Waals surface area contributed by atoms with Gasteiger partial charge < -0.3 is 15.7 Å². The van der Waals surface area contributed by atoms with E-state index in [-0.39, 0.29) is 0 Å². The Morgan fingerprint density at radius 2 is 2.11 bits per heavy atom. The van der Waals surface area contributed by atoms with Crippen LogP contribution in [0, 0.1) is 11.8 Å². The van der Waals surface area contributed by atoms with Gasteiger partial charge in [-0.25, -0.2) is 0 Å². The highest BCUT2D eigenvalue weighted by Crippen LogP contribution is 2.33. The van der Waals surface area contributed by atoms with Crippen molar-refractivity contribution in [1.82, 2.24) is 4.90 Å². The summed E-state index contributed by atoms with van der Waals surface area (Å²) in [5.41, 5.74) is 6.35. The SMILES string of the molecule is CCC1CCC(N)C(CN2CCCC2CCCO)C1. The molecule has 1 heterocycles. The first kappa shape index (κ1) is 15.3. The maximum Gasteiger partial charge on any atom is 0.0431 e. The summed E-state index contributed by atoms with van der Waals surface area (Å²) in [6.07, 6.45) is 9.97. The Labute approximate surface area is 118 Å². The summed E-state index contributed by atoms with van der Waals surface area (Å²) >= 11 is 0. The topological polar surface area (TPSA) is 49.5 Å². The molecule has 112 valence electrons. The van der Waals surface area contributed by atoms with Gasteiger partial charge in [0.1, 0.15) is 0 Å². The van der Waals surface area contributed by atoms with Gasteiger partial charge in [-0.15, -0.1) is 0 Å². The quantitative estimate of drug-likeness (QED) is 0.777. The van der Waals surface area contributed by atoms with Crippen molar-refractivity contribution in [3.8, 4) is 0 Å². The lowest BCUT2D eigenvalue weighted by Crippen LogP contribution is -2.44. The largest absolute Gasteiger partial charge is 0.396 e. The summed E-state index contributed by atoms with van der Waals surface area (Å²) in [6.45, 7) is 5.10. The second kappa shape index (κ2) is 7.61. The number of aliphatic hydroxyl groups excluding tert-OH is 1. The number of likely N-dealkylation sites (tertiary alicyclic amines) is 1. The zero-order valence-electron chi connectivity index (χ0n) is 12.6. The summed E-state index contributed by atoms with van der Waals surface area (Å²) < 4.78 is 0. The second-order valence-electron chi connectivity index (χ2n) is 6.67. The molecule has 0 bridgehead atoms. The second-order valence-corrected chi connectivity index (χ2v) is 6.67. The van der Waals surface area contributed by atoms with E-state index in [4.69, 9.17) is 10.8 Å². The lowest BCUT2D eigenvalue weighted by molar-refractivity contribution is 0.138.